The number of amides is 1. The van der Waals surface area contributed by atoms with Crippen molar-refractivity contribution in [2.24, 2.45) is 5.10 Å². The van der Waals surface area contributed by atoms with E-state index in [0.29, 0.717) is 30.1 Å². The van der Waals surface area contributed by atoms with E-state index in [0.717, 1.165) is 21.7 Å². The monoisotopic (exact) mass is 495 g/mol. The van der Waals surface area contributed by atoms with Gasteiger partial charge in [0.25, 0.3) is 5.91 Å². The van der Waals surface area contributed by atoms with Gasteiger partial charge >= 0.3 is 0 Å². The van der Waals surface area contributed by atoms with Crippen LogP contribution in [0.4, 0.5) is 0 Å². The van der Waals surface area contributed by atoms with Crippen molar-refractivity contribution in [1.82, 2.24) is 9.73 Å². The van der Waals surface area contributed by atoms with E-state index in [2.05, 4.69) is 10.5 Å². The van der Waals surface area contributed by atoms with Crippen LogP contribution in [-0.4, -0.2) is 51.3 Å². The van der Waals surface area contributed by atoms with E-state index < -0.39 is 15.9 Å². The molecule has 9 heteroatoms. The molecule has 0 fully saturated rings. The zero-order chi connectivity index (χ0) is 25.1. The smallest absolute Gasteiger partial charge is 0.255 e. The summed E-state index contributed by atoms with van der Waals surface area (Å²) >= 11 is 0. The lowest BCUT2D eigenvalue weighted by Crippen LogP contribution is -2.40. The van der Waals surface area contributed by atoms with Crippen molar-refractivity contribution < 1.29 is 22.7 Å². The molecule has 3 aromatic carbocycles. The van der Waals surface area contributed by atoms with Crippen molar-refractivity contribution in [2.45, 2.75) is 13.0 Å². The van der Waals surface area contributed by atoms with Crippen LogP contribution >= 0.6 is 0 Å². The average Bonchev–Trinajstić information content (AvgIpc) is 2.86. The second-order valence-corrected chi connectivity index (χ2v) is 9.79. The lowest BCUT2D eigenvalue weighted by Gasteiger charge is -2.18. The molecule has 0 aliphatic carbocycles. The van der Waals surface area contributed by atoms with Gasteiger partial charge in [-0.15, -0.1) is 0 Å². The number of hydrogen-bond donors (Lipinski definition) is 1. The molecule has 0 spiro atoms. The SMILES string of the molecule is COc1cc(/C=N/NC(=O)CN(CCc2ccccc2)S(C)(=O)=O)ccc1OCc1ccccc1. The maximum absolute atomic E-state index is 12.3. The molecule has 0 saturated carbocycles. The molecule has 1 amide bonds. The summed E-state index contributed by atoms with van der Waals surface area (Å²) in [6.45, 7) is 0.280. The van der Waals surface area contributed by atoms with E-state index in [-0.39, 0.29) is 13.1 Å². The van der Waals surface area contributed by atoms with Gasteiger partial charge in [0.1, 0.15) is 6.61 Å². The number of nitrogens with zero attached hydrogens (tertiary/aromatic N) is 2. The Hall–Kier alpha value is -3.69. The van der Waals surface area contributed by atoms with Crippen LogP contribution < -0.4 is 14.9 Å². The fraction of sp³-hybridized carbons (Fsp3) is 0.231. The number of methoxy groups -OCH3 is 1. The van der Waals surface area contributed by atoms with Crippen LogP contribution in [0.2, 0.25) is 0 Å². The first-order valence-corrected chi connectivity index (χ1v) is 12.9. The van der Waals surface area contributed by atoms with Crippen LogP contribution in [0.1, 0.15) is 16.7 Å². The highest BCUT2D eigenvalue weighted by Crippen LogP contribution is 2.28. The molecule has 0 radical (unpaired) electrons. The molecule has 0 aliphatic rings. The Labute approximate surface area is 206 Å². The molecule has 1 N–H and O–H groups in total. The van der Waals surface area contributed by atoms with Crippen molar-refractivity contribution in [3.8, 4) is 11.5 Å². The van der Waals surface area contributed by atoms with Crippen LogP contribution in [-0.2, 0) is 27.8 Å². The van der Waals surface area contributed by atoms with Gasteiger partial charge in [0, 0.05) is 6.54 Å². The van der Waals surface area contributed by atoms with Crippen LogP contribution in [0.15, 0.2) is 84.0 Å². The third-order valence-corrected chi connectivity index (χ3v) is 6.36. The number of rotatable bonds is 12. The topological polar surface area (TPSA) is 97.3 Å². The molecule has 0 bridgehead atoms. The summed E-state index contributed by atoms with van der Waals surface area (Å²) in [6.07, 6.45) is 3.04. The predicted molar refractivity (Wildman–Crippen MR) is 136 cm³/mol. The molecule has 35 heavy (non-hydrogen) atoms. The van der Waals surface area contributed by atoms with E-state index in [4.69, 9.17) is 9.47 Å². The van der Waals surface area contributed by atoms with Crippen molar-refractivity contribution in [2.75, 3.05) is 26.5 Å². The summed E-state index contributed by atoms with van der Waals surface area (Å²) in [4.78, 5) is 12.3. The Bertz CT molecular complexity index is 1230. The molecule has 0 aliphatic heterocycles. The minimum Gasteiger partial charge on any atom is -0.493 e. The summed E-state index contributed by atoms with van der Waals surface area (Å²) in [6, 6.07) is 24.6. The summed E-state index contributed by atoms with van der Waals surface area (Å²) in [7, 11) is -2.01. The van der Waals surface area contributed by atoms with E-state index in [1.807, 2.05) is 60.7 Å². The maximum Gasteiger partial charge on any atom is 0.255 e. The van der Waals surface area contributed by atoms with Crippen LogP contribution in [0.25, 0.3) is 0 Å². The van der Waals surface area contributed by atoms with E-state index in [1.54, 1.807) is 25.3 Å². The highest BCUT2D eigenvalue weighted by atomic mass is 32.2. The second kappa shape index (κ2) is 12.7. The summed E-state index contributed by atoms with van der Waals surface area (Å²) in [5.74, 6) is 0.578. The molecule has 3 rings (SSSR count). The number of carbonyl (C=O) groups excluding carboxylic acids is 1. The summed E-state index contributed by atoms with van der Waals surface area (Å²) in [5.41, 5.74) is 5.09. The lowest BCUT2D eigenvalue weighted by molar-refractivity contribution is -0.121. The van der Waals surface area contributed by atoms with Gasteiger partial charge in [0.15, 0.2) is 11.5 Å². The van der Waals surface area contributed by atoms with Gasteiger partial charge in [-0.05, 0) is 41.3 Å². The van der Waals surface area contributed by atoms with Crippen molar-refractivity contribution in [1.29, 1.82) is 0 Å². The molecule has 184 valence electrons. The molecule has 3 aromatic rings. The average molecular weight is 496 g/mol. The maximum atomic E-state index is 12.3. The normalized spacial score (nSPS) is 11.5. The molecule has 0 unspecified atom stereocenters. The Morgan fingerprint density at radius 3 is 2.26 bits per heavy atom. The standard InChI is InChI=1S/C26H29N3O5S/c1-33-25-17-23(13-14-24(25)34-20-22-11-7-4-8-12-22)18-27-28-26(30)19-29(35(2,31)32)16-15-21-9-5-3-6-10-21/h3-14,17-18H,15-16,19-20H2,1-2H3,(H,28,30)/b27-18+. The molecule has 8 nitrogen and oxygen atoms in total. The van der Waals surface area contributed by atoms with Gasteiger partial charge in [-0.3, -0.25) is 4.79 Å². The van der Waals surface area contributed by atoms with E-state index >= 15 is 0 Å². The quantitative estimate of drug-likeness (QED) is 0.307. The third-order valence-electron chi connectivity index (χ3n) is 5.11. The number of sulfonamides is 1. The first-order valence-electron chi connectivity index (χ1n) is 11.0. The van der Waals surface area contributed by atoms with Crippen LogP contribution in [0, 0.1) is 0 Å². The number of nitrogens with one attached hydrogen (secondary N) is 1. The first-order chi connectivity index (χ1) is 16.8. The van der Waals surface area contributed by atoms with Gasteiger partial charge in [-0.2, -0.15) is 9.41 Å². The van der Waals surface area contributed by atoms with Gasteiger partial charge in [0.2, 0.25) is 10.0 Å². The van der Waals surface area contributed by atoms with Crippen LogP contribution in [0.3, 0.4) is 0 Å². The zero-order valence-electron chi connectivity index (χ0n) is 19.8. The number of benzene rings is 3. The minimum absolute atomic E-state index is 0.196. The molecule has 0 saturated heterocycles. The number of hydrogen-bond acceptors (Lipinski definition) is 6. The second-order valence-electron chi connectivity index (χ2n) is 7.81. The number of carbonyl (C=O) groups is 1. The summed E-state index contributed by atoms with van der Waals surface area (Å²) < 4.78 is 36.6. The van der Waals surface area contributed by atoms with Gasteiger partial charge < -0.3 is 9.47 Å². The molecule has 0 aromatic heterocycles. The zero-order valence-corrected chi connectivity index (χ0v) is 20.6. The highest BCUT2D eigenvalue weighted by molar-refractivity contribution is 7.88. The third kappa shape index (κ3) is 8.55. The fourth-order valence-electron chi connectivity index (χ4n) is 3.25. The minimum atomic E-state index is -3.56. The Balaban J connectivity index is 1.55. The predicted octanol–water partition coefficient (Wildman–Crippen LogP) is 3.23. The van der Waals surface area contributed by atoms with Crippen molar-refractivity contribution in [3.63, 3.8) is 0 Å². The number of ether oxygens (including phenoxy) is 2. The highest BCUT2D eigenvalue weighted by Gasteiger charge is 2.19. The Kier molecular flexibility index (Phi) is 9.39. The lowest BCUT2D eigenvalue weighted by atomic mass is 10.1. The molecular weight excluding hydrogens is 466 g/mol. The summed E-state index contributed by atoms with van der Waals surface area (Å²) in [5, 5.41) is 3.95. The van der Waals surface area contributed by atoms with E-state index in [1.165, 1.54) is 6.21 Å². The van der Waals surface area contributed by atoms with E-state index in [9.17, 15) is 13.2 Å². The van der Waals surface area contributed by atoms with Crippen LogP contribution in [0.5, 0.6) is 11.5 Å². The van der Waals surface area contributed by atoms with Crippen molar-refractivity contribution in [3.05, 3.63) is 95.6 Å². The van der Waals surface area contributed by atoms with Gasteiger partial charge in [0.05, 0.1) is 26.1 Å². The van der Waals surface area contributed by atoms with Gasteiger partial charge in [-0.25, -0.2) is 13.8 Å². The first kappa shape index (κ1) is 25.9. The van der Waals surface area contributed by atoms with Crippen molar-refractivity contribution >= 4 is 22.1 Å². The Morgan fingerprint density at radius 2 is 1.63 bits per heavy atom. The fourth-order valence-corrected chi connectivity index (χ4v) is 4.03. The molecule has 0 heterocycles. The van der Waals surface area contributed by atoms with Gasteiger partial charge in [-0.1, -0.05) is 60.7 Å². The Morgan fingerprint density at radius 1 is 0.971 bits per heavy atom. The largest absolute Gasteiger partial charge is 0.493 e. The molecule has 0 atom stereocenters. The number of hydrazone groups is 1. The molecular formula is C26H29N3O5S.